The van der Waals surface area contributed by atoms with Gasteiger partial charge in [-0.3, -0.25) is 4.90 Å². The standard InChI is InChI=1S/C22H22N4S/c1-2-6-17(7-3-1)15-25-12-4-8-18(16-25)20-10-11-23-22-14-19(24-26(20)22)21-9-5-13-27-21/h1-3,5-7,9-11,13-14,18H,4,8,12,15-16H2. The van der Waals surface area contributed by atoms with Crippen LogP contribution in [-0.2, 0) is 6.54 Å². The van der Waals surface area contributed by atoms with Gasteiger partial charge in [0.05, 0.1) is 10.6 Å². The lowest BCUT2D eigenvalue weighted by Crippen LogP contribution is -2.34. The Kier molecular flexibility index (Phi) is 4.47. The van der Waals surface area contributed by atoms with Crippen molar-refractivity contribution in [1.82, 2.24) is 19.5 Å². The smallest absolute Gasteiger partial charge is 0.155 e. The van der Waals surface area contributed by atoms with Crippen LogP contribution in [0.1, 0.15) is 30.0 Å². The van der Waals surface area contributed by atoms with Gasteiger partial charge in [-0.25, -0.2) is 9.50 Å². The maximum atomic E-state index is 4.89. The Morgan fingerprint density at radius 2 is 2.00 bits per heavy atom. The topological polar surface area (TPSA) is 33.4 Å². The molecule has 1 aromatic carbocycles. The van der Waals surface area contributed by atoms with Crippen molar-refractivity contribution in [1.29, 1.82) is 0 Å². The van der Waals surface area contributed by atoms with Crippen LogP contribution in [0.15, 0.2) is 66.2 Å². The van der Waals surface area contributed by atoms with Crippen LogP contribution in [0.3, 0.4) is 0 Å². The van der Waals surface area contributed by atoms with E-state index in [0.717, 1.165) is 24.4 Å². The summed E-state index contributed by atoms with van der Waals surface area (Å²) in [4.78, 5) is 8.31. The maximum absolute atomic E-state index is 4.89. The van der Waals surface area contributed by atoms with E-state index < -0.39 is 0 Å². The first-order chi connectivity index (χ1) is 13.4. The van der Waals surface area contributed by atoms with Crippen LogP contribution in [0.25, 0.3) is 16.2 Å². The van der Waals surface area contributed by atoms with Crippen LogP contribution in [0.5, 0.6) is 0 Å². The Bertz CT molecular complexity index is 1020. The van der Waals surface area contributed by atoms with Crippen molar-refractivity contribution in [3.63, 3.8) is 0 Å². The average molecular weight is 375 g/mol. The highest BCUT2D eigenvalue weighted by Crippen LogP contribution is 2.30. The number of hydrogen-bond acceptors (Lipinski definition) is 4. The molecule has 1 unspecified atom stereocenters. The lowest BCUT2D eigenvalue weighted by molar-refractivity contribution is 0.197. The quantitative estimate of drug-likeness (QED) is 0.513. The maximum Gasteiger partial charge on any atom is 0.155 e. The van der Waals surface area contributed by atoms with Crippen molar-refractivity contribution in [3.05, 3.63) is 77.4 Å². The number of hydrogen-bond donors (Lipinski definition) is 0. The van der Waals surface area contributed by atoms with Crippen LogP contribution in [0.2, 0.25) is 0 Å². The molecule has 1 aliphatic heterocycles. The molecule has 1 saturated heterocycles. The normalized spacial score (nSPS) is 18.1. The molecule has 4 nitrogen and oxygen atoms in total. The van der Waals surface area contributed by atoms with Crippen molar-refractivity contribution in [2.75, 3.05) is 13.1 Å². The number of benzene rings is 1. The molecule has 0 N–H and O–H groups in total. The fourth-order valence-electron chi connectivity index (χ4n) is 4.05. The van der Waals surface area contributed by atoms with Crippen LogP contribution < -0.4 is 0 Å². The third kappa shape index (κ3) is 3.40. The molecule has 136 valence electrons. The lowest BCUT2D eigenvalue weighted by atomic mass is 9.94. The van der Waals surface area contributed by atoms with Crippen molar-refractivity contribution < 1.29 is 0 Å². The van der Waals surface area contributed by atoms with Crippen LogP contribution in [0.4, 0.5) is 0 Å². The summed E-state index contributed by atoms with van der Waals surface area (Å²) in [6.45, 7) is 3.26. The third-order valence-electron chi connectivity index (χ3n) is 5.33. The summed E-state index contributed by atoms with van der Waals surface area (Å²) in [5.41, 5.74) is 4.62. The van der Waals surface area contributed by atoms with E-state index in [4.69, 9.17) is 5.10 Å². The molecular formula is C22H22N4S. The van der Waals surface area contributed by atoms with Crippen LogP contribution >= 0.6 is 11.3 Å². The predicted octanol–water partition coefficient (Wildman–Crippen LogP) is 4.84. The number of fused-ring (bicyclic) bond motifs is 1. The minimum atomic E-state index is 0.490. The lowest BCUT2D eigenvalue weighted by Gasteiger charge is -2.33. The summed E-state index contributed by atoms with van der Waals surface area (Å²) in [5, 5.41) is 6.98. The molecule has 0 bridgehead atoms. The van der Waals surface area contributed by atoms with Gasteiger partial charge in [0.2, 0.25) is 0 Å². The van der Waals surface area contributed by atoms with E-state index in [0.29, 0.717) is 5.92 Å². The summed E-state index contributed by atoms with van der Waals surface area (Å²) < 4.78 is 2.06. The Labute approximate surface area is 163 Å². The molecule has 0 amide bonds. The van der Waals surface area contributed by atoms with Gasteiger partial charge < -0.3 is 0 Å². The minimum Gasteiger partial charge on any atom is -0.298 e. The first-order valence-corrected chi connectivity index (χ1v) is 10.4. The molecule has 1 atom stereocenters. The van der Waals surface area contributed by atoms with Crippen molar-refractivity contribution >= 4 is 17.0 Å². The van der Waals surface area contributed by atoms with E-state index >= 15 is 0 Å². The van der Waals surface area contributed by atoms with Gasteiger partial charge in [-0.15, -0.1) is 11.3 Å². The van der Waals surface area contributed by atoms with Crippen molar-refractivity contribution in [3.8, 4) is 10.6 Å². The van der Waals surface area contributed by atoms with Gasteiger partial charge in [0.15, 0.2) is 5.65 Å². The fraction of sp³-hybridized carbons (Fsp3) is 0.273. The van der Waals surface area contributed by atoms with Gasteiger partial charge in [-0.05, 0) is 42.5 Å². The highest BCUT2D eigenvalue weighted by molar-refractivity contribution is 7.13. The Balaban J connectivity index is 1.42. The number of piperidine rings is 1. The molecule has 5 rings (SSSR count). The third-order valence-corrected chi connectivity index (χ3v) is 6.23. The molecular weight excluding hydrogens is 352 g/mol. The zero-order chi connectivity index (χ0) is 18.1. The molecule has 27 heavy (non-hydrogen) atoms. The largest absolute Gasteiger partial charge is 0.298 e. The Morgan fingerprint density at radius 1 is 1.07 bits per heavy atom. The second-order valence-corrected chi connectivity index (χ2v) is 8.15. The summed E-state index contributed by atoms with van der Waals surface area (Å²) in [5.74, 6) is 0.490. The zero-order valence-electron chi connectivity index (χ0n) is 15.2. The molecule has 1 fully saturated rings. The average Bonchev–Trinajstić information content (AvgIpc) is 3.38. The van der Waals surface area contributed by atoms with Gasteiger partial charge in [0.1, 0.15) is 5.69 Å². The molecule has 0 aliphatic carbocycles. The monoisotopic (exact) mass is 374 g/mol. The second kappa shape index (κ2) is 7.25. The van der Waals surface area contributed by atoms with E-state index in [-0.39, 0.29) is 0 Å². The van der Waals surface area contributed by atoms with E-state index in [2.05, 4.69) is 74.4 Å². The Morgan fingerprint density at radius 3 is 2.85 bits per heavy atom. The number of nitrogens with zero attached hydrogens (tertiary/aromatic N) is 4. The van der Waals surface area contributed by atoms with Gasteiger partial charge in [0.25, 0.3) is 0 Å². The molecule has 0 saturated carbocycles. The van der Waals surface area contributed by atoms with E-state index in [1.165, 1.54) is 35.5 Å². The SMILES string of the molecule is c1ccc(CN2CCCC(c3ccnc4cc(-c5cccs5)nn34)C2)cc1. The first kappa shape index (κ1) is 16.7. The summed E-state index contributed by atoms with van der Waals surface area (Å²) in [6.07, 6.45) is 4.36. The first-order valence-electron chi connectivity index (χ1n) is 9.52. The summed E-state index contributed by atoms with van der Waals surface area (Å²) >= 11 is 1.72. The molecule has 3 aromatic heterocycles. The number of aromatic nitrogens is 3. The summed E-state index contributed by atoms with van der Waals surface area (Å²) in [7, 11) is 0. The Hall–Kier alpha value is -2.50. The number of thiophene rings is 1. The second-order valence-electron chi connectivity index (χ2n) is 7.21. The van der Waals surface area contributed by atoms with E-state index in [9.17, 15) is 0 Å². The predicted molar refractivity (Wildman–Crippen MR) is 110 cm³/mol. The van der Waals surface area contributed by atoms with Crippen molar-refractivity contribution in [2.24, 2.45) is 0 Å². The number of likely N-dealkylation sites (tertiary alicyclic amines) is 1. The van der Waals surface area contributed by atoms with Crippen molar-refractivity contribution in [2.45, 2.75) is 25.3 Å². The molecule has 0 radical (unpaired) electrons. The molecule has 4 heterocycles. The molecule has 1 aliphatic rings. The van der Waals surface area contributed by atoms with Gasteiger partial charge in [-0.2, -0.15) is 5.10 Å². The van der Waals surface area contributed by atoms with Crippen LogP contribution in [-0.4, -0.2) is 32.6 Å². The van der Waals surface area contributed by atoms with Gasteiger partial charge in [0, 0.05) is 31.3 Å². The van der Waals surface area contributed by atoms with Gasteiger partial charge in [-0.1, -0.05) is 36.4 Å². The minimum absolute atomic E-state index is 0.490. The fourth-order valence-corrected chi connectivity index (χ4v) is 4.73. The molecule has 5 heteroatoms. The number of rotatable bonds is 4. The highest BCUT2D eigenvalue weighted by atomic mass is 32.1. The van der Waals surface area contributed by atoms with Gasteiger partial charge >= 0.3 is 0 Å². The highest BCUT2D eigenvalue weighted by Gasteiger charge is 2.24. The zero-order valence-corrected chi connectivity index (χ0v) is 16.0. The van der Waals surface area contributed by atoms with E-state index in [1.54, 1.807) is 11.3 Å². The van der Waals surface area contributed by atoms with Crippen LogP contribution in [0, 0.1) is 0 Å². The van der Waals surface area contributed by atoms with E-state index in [1.807, 2.05) is 6.20 Å². The summed E-state index contributed by atoms with van der Waals surface area (Å²) in [6, 6.07) is 19.2. The molecule has 0 spiro atoms. The molecule has 4 aromatic rings.